The number of ether oxygens (including phenoxy) is 1. The molecule has 0 aliphatic rings. The summed E-state index contributed by atoms with van der Waals surface area (Å²) in [5.41, 5.74) is -0.987. The van der Waals surface area contributed by atoms with E-state index in [0.717, 1.165) is 12.1 Å². The van der Waals surface area contributed by atoms with Gasteiger partial charge in [0.25, 0.3) is 0 Å². The Bertz CT molecular complexity index is 1310. The number of imidazole rings is 1. The SMILES string of the molecule is Fc1ccc(-c2nc(Cl)c(-c3ccc(OCc4ncc(C(F)(F)F)cc4F)cc3F)[nH]2)cn1. The Balaban J connectivity index is 1.52. The third-order valence-electron chi connectivity index (χ3n) is 4.49. The van der Waals surface area contributed by atoms with Crippen LogP contribution < -0.4 is 4.74 Å². The van der Waals surface area contributed by atoms with Gasteiger partial charge in [-0.2, -0.15) is 17.6 Å². The molecular weight excluding hydrogens is 474 g/mol. The van der Waals surface area contributed by atoms with E-state index in [-0.39, 0.29) is 33.7 Å². The molecule has 0 bridgehead atoms. The van der Waals surface area contributed by atoms with Gasteiger partial charge in [-0.15, -0.1) is 0 Å². The molecule has 0 spiro atoms. The summed E-state index contributed by atoms with van der Waals surface area (Å²) in [6.45, 7) is -0.519. The summed E-state index contributed by atoms with van der Waals surface area (Å²) >= 11 is 6.11. The Hall–Kier alpha value is -3.60. The Kier molecular flexibility index (Phi) is 5.98. The molecule has 5 nitrogen and oxygen atoms in total. The highest BCUT2D eigenvalue weighted by molar-refractivity contribution is 6.32. The van der Waals surface area contributed by atoms with Gasteiger partial charge >= 0.3 is 6.18 Å². The van der Waals surface area contributed by atoms with Gasteiger partial charge in [-0.3, -0.25) is 4.98 Å². The molecule has 3 heterocycles. The van der Waals surface area contributed by atoms with Crippen molar-refractivity contribution in [2.75, 3.05) is 0 Å². The monoisotopic (exact) mass is 484 g/mol. The highest BCUT2D eigenvalue weighted by Crippen LogP contribution is 2.33. The molecule has 4 rings (SSSR count). The predicted octanol–water partition coefficient (Wildman–Crippen LogP) is 6.20. The lowest BCUT2D eigenvalue weighted by Crippen LogP contribution is -2.09. The first-order valence-electron chi connectivity index (χ1n) is 9.13. The number of nitrogens with one attached hydrogen (secondary N) is 1. The van der Waals surface area contributed by atoms with Crippen LogP contribution in [-0.4, -0.2) is 19.9 Å². The number of pyridine rings is 2. The predicted molar refractivity (Wildman–Crippen MR) is 106 cm³/mol. The maximum Gasteiger partial charge on any atom is 0.417 e. The fourth-order valence-corrected chi connectivity index (χ4v) is 3.08. The molecule has 1 aromatic carbocycles. The first-order valence-corrected chi connectivity index (χ1v) is 9.51. The maximum atomic E-state index is 14.7. The van der Waals surface area contributed by atoms with Gasteiger partial charge in [0.2, 0.25) is 5.95 Å². The van der Waals surface area contributed by atoms with Crippen LogP contribution >= 0.6 is 11.6 Å². The lowest BCUT2D eigenvalue weighted by Gasteiger charge is -2.10. The van der Waals surface area contributed by atoms with Crippen LogP contribution in [0.15, 0.2) is 48.8 Å². The second-order valence-electron chi connectivity index (χ2n) is 6.70. The van der Waals surface area contributed by atoms with Crippen molar-refractivity contribution in [2.24, 2.45) is 0 Å². The van der Waals surface area contributed by atoms with Crippen molar-refractivity contribution in [2.45, 2.75) is 12.8 Å². The summed E-state index contributed by atoms with van der Waals surface area (Å²) in [6, 6.07) is 6.54. The summed E-state index contributed by atoms with van der Waals surface area (Å²) in [6.07, 6.45) is -3.01. The fraction of sp³-hybridized carbons (Fsp3) is 0.0952. The number of rotatable bonds is 5. The minimum Gasteiger partial charge on any atom is -0.487 e. The Morgan fingerprint density at radius 1 is 0.939 bits per heavy atom. The van der Waals surface area contributed by atoms with Crippen molar-refractivity contribution in [1.29, 1.82) is 0 Å². The van der Waals surface area contributed by atoms with Crippen molar-refractivity contribution in [3.63, 3.8) is 0 Å². The van der Waals surface area contributed by atoms with Gasteiger partial charge in [-0.25, -0.2) is 18.7 Å². The number of aromatic nitrogens is 4. The lowest BCUT2D eigenvalue weighted by molar-refractivity contribution is -0.138. The number of hydrogen-bond acceptors (Lipinski definition) is 4. The van der Waals surface area contributed by atoms with Crippen molar-refractivity contribution >= 4 is 11.6 Å². The molecule has 4 aromatic rings. The summed E-state index contributed by atoms with van der Waals surface area (Å²) in [4.78, 5) is 13.9. The van der Waals surface area contributed by atoms with Gasteiger partial charge in [-0.1, -0.05) is 11.6 Å². The number of H-pyrrole nitrogens is 1. The molecule has 0 fully saturated rings. The summed E-state index contributed by atoms with van der Waals surface area (Å²) in [5, 5.41) is -0.0436. The molecule has 0 aliphatic heterocycles. The van der Waals surface area contributed by atoms with E-state index in [1.165, 1.54) is 24.4 Å². The van der Waals surface area contributed by atoms with Crippen LogP contribution in [0, 0.1) is 17.6 Å². The Morgan fingerprint density at radius 3 is 2.36 bits per heavy atom. The van der Waals surface area contributed by atoms with Crippen molar-refractivity contribution in [1.82, 2.24) is 19.9 Å². The molecule has 170 valence electrons. The fourth-order valence-electron chi connectivity index (χ4n) is 2.85. The number of hydrogen-bond donors (Lipinski definition) is 1. The molecule has 0 amide bonds. The van der Waals surface area contributed by atoms with E-state index in [1.807, 2.05) is 0 Å². The van der Waals surface area contributed by atoms with Gasteiger partial charge in [0.1, 0.15) is 35.5 Å². The van der Waals surface area contributed by atoms with E-state index in [1.54, 1.807) is 0 Å². The number of benzene rings is 1. The van der Waals surface area contributed by atoms with Crippen LogP contribution in [0.4, 0.5) is 26.3 Å². The second-order valence-corrected chi connectivity index (χ2v) is 7.06. The molecule has 0 radical (unpaired) electrons. The first kappa shape index (κ1) is 22.6. The molecule has 3 aromatic heterocycles. The molecule has 33 heavy (non-hydrogen) atoms. The zero-order chi connectivity index (χ0) is 23.8. The van der Waals surface area contributed by atoms with Gasteiger partial charge in [0.05, 0.1) is 11.3 Å². The quantitative estimate of drug-likeness (QED) is 0.270. The van der Waals surface area contributed by atoms with Crippen LogP contribution in [0.3, 0.4) is 0 Å². The van der Waals surface area contributed by atoms with Gasteiger partial charge in [-0.05, 0) is 30.3 Å². The van der Waals surface area contributed by atoms with E-state index >= 15 is 0 Å². The topological polar surface area (TPSA) is 63.7 Å². The van der Waals surface area contributed by atoms with E-state index in [4.69, 9.17) is 16.3 Å². The zero-order valence-corrected chi connectivity index (χ0v) is 17.0. The molecule has 1 N–H and O–H groups in total. The molecule has 0 saturated carbocycles. The highest BCUT2D eigenvalue weighted by atomic mass is 35.5. The van der Waals surface area contributed by atoms with E-state index in [2.05, 4.69) is 19.9 Å². The van der Waals surface area contributed by atoms with E-state index in [0.29, 0.717) is 17.8 Å². The average Bonchev–Trinajstić information content (AvgIpc) is 3.14. The van der Waals surface area contributed by atoms with Gasteiger partial charge in [0.15, 0.2) is 5.15 Å². The minimum absolute atomic E-state index is 0.0176. The van der Waals surface area contributed by atoms with Crippen molar-refractivity contribution in [3.05, 3.63) is 82.8 Å². The average molecular weight is 485 g/mol. The van der Waals surface area contributed by atoms with Crippen LogP contribution in [0.25, 0.3) is 22.6 Å². The Labute approximate surface area is 187 Å². The van der Waals surface area contributed by atoms with Crippen LogP contribution in [0.2, 0.25) is 5.15 Å². The molecule has 0 aliphatic carbocycles. The Morgan fingerprint density at radius 2 is 1.73 bits per heavy atom. The summed E-state index contributed by atoms with van der Waals surface area (Å²) < 4.78 is 84.7. The van der Waals surface area contributed by atoms with Crippen molar-refractivity contribution in [3.8, 4) is 28.4 Å². The smallest absolute Gasteiger partial charge is 0.417 e. The highest BCUT2D eigenvalue weighted by Gasteiger charge is 2.32. The molecule has 12 heteroatoms. The summed E-state index contributed by atoms with van der Waals surface area (Å²) in [5.74, 6) is -2.41. The third kappa shape index (κ3) is 4.92. The van der Waals surface area contributed by atoms with Crippen LogP contribution in [0.5, 0.6) is 5.75 Å². The number of nitrogens with zero attached hydrogens (tertiary/aromatic N) is 3. The van der Waals surface area contributed by atoms with Gasteiger partial charge in [0, 0.05) is 29.6 Å². The maximum absolute atomic E-state index is 14.7. The number of alkyl halides is 3. The largest absolute Gasteiger partial charge is 0.487 e. The molecular formula is C21H11ClF6N4O. The summed E-state index contributed by atoms with van der Waals surface area (Å²) in [7, 11) is 0. The molecule has 0 saturated heterocycles. The first-order chi connectivity index (χ1) is 15.6. The zero-order valence-electron chi connectivity index (χ0n) is 16.2. The number of halogens is 7. The van der Waals surface area contributed by atoms with E-state index in [9.17, 15) is 26.3 Å². The van der Waals surface area contributed by atoms with Crippen LogP contribution in [0.1, 0.15) is 11.3 Å². The molecule has 0 atom stereocenters. The van der Waals surface area contributed by atoms with Crippen LogP contribution in [-0.2, 0) is 12.8 Å². The lowest BCUT2D eigenvalue weighted by atomic mass is 10.1. The standard InChI is InChI=1S/C21H11ClF6N4O/c22-19-18(31-20(32-19)10-1-4-17(25)30-7-10)13-3-2-12(6-14(13)23)33-9-16-15(24)5-11(8-29-16)21(26,27)28/h1-8H,9H2,(H,31,32). The minimum atomic E-state index is -4.73. The third-order valence-corrected chi connectivity index (χ3v) is 4.76. The number of aromatic amines is 1. The second kappa shape index (κ2) is 8.74. The molecule has 0 unspecified atom stereocenters. The normalized spacial score (nSPS) is 11.6. The van der Waals surface area contributed by atoms with E-state index < -0.39 is 35.9 Å². The van der Waals surface area contributed by atoms with Crippen molar-refractivity contribution < 1.29 is 31.1 Å². The van der Waals surface area contributed by atoms with Gasteiger partial charge < -0.3 is 9.72 Å².